The number of carbonyl (C=O) groups excluding carboxylic acids is 2. The van der Waals surface area contributed by atoms with Crippen molar-refractivity contribution in [2.75, 3.05) is 11.9 Å². The Morgan fingerprint density at radius 2 is 2.00 bits per heavy atom. The number of aromatic amines is 1. The van der Waals surface area contributed by atoms with E-state index in [4.69, 9.17) is 5.11 Å². The van der Waals surface area contributed by atoms with Crippen molar-refractivity contribution in [3.63, 3.8) is 0 Å². The van der Waals surface area contributed by atoms with Gasteiger partial charge in [0, 0.05) is 11.5 Å². The van der Waals surface area contributed by atoms with Crippen LogP contribution in [0.3, 0.4) is 0 Å². The second kappa shape index (κ2) is 5.51. The van der Waals surface area contributed by atoms with Crippen molar-refractivity contribution >= 4 is 23.6 Å². The van der Waals surface area contributed by atoms with Crippen LogP contribution in [-0.2, 0) is 9.59 Å². The average molecular weight is 268 g/mol. The van der Waals surface area contributed by atoms with Crippen molar-refractivity contribution in [3.8, 4) is 0 Å². The van der Waals surface area contributed by atoms with E-state index in [1.165, 1.54) is 6.07 Å². The van der Waals surface area contributed by atoms with E-state index in [2.05, 4.69) is 20.8 Å². The van der Waals surface area contributed by atoms with Crippen molar-refractivity contribution in [1.82, 2.24) is 15.5 Å². The molecule has 19 heavy (non-hydrogen) atoms. The van der Waals surface area contributed by atoms with Gasteiger partial charge < -0.3 is 15.7 Å². The molecule has 0 bridgehead atoms. The number of rotatable bonds is 4. The minimum Gasteiger partial charge on any atom is -0.477 e. The predicted octanol–water partition coefficient (Wildman–Crippen LogP) is 0.209. The summed E-state index contributed by atoms with van der Waals surface area (Å²) in [5, 5.41) is 19.3. The molecule has 0 aromatic carbocycles. The molecule has 8 heteroatoms. The molecule has 1 heterocycles. The normalized spacial score (nSPS) is 10.9. The molecule has 4 N–H and O–H groups in total. The van der Waals surface area contributed by atoms with Gasteiger partial charge in [-0.3, -0.25) is 14.7 Å². The number of aromatic nitrogens is 2. The zero-order chi connectivity index (χ0) is 14.6. The molecule has 0 radical (unpaired) electrons. The van der Waals surface area contributed by atoms with Crippen molar-refractivity contribution in [2.24, 2.45) is 5.41 Å². The van der Waals surface area contributed by atoms with E-state index >= 15 is 0 Å². The molecule has 0 aliphatic heterocycles. The van der Waals surface area contributed by atoms with Gasteiger partial charge in [-0.2, -0.15) is 5.10 Å². The second-order valence-corrected chi connectivity index (χ2v) is 4.95. The maximum absolute atomic E-state index is 11.5. The van der Waals surface area contributed by atoms with Crippen molar-refractivity contribution < 1.29 is 19.5 Å². The topological polar surface area (TPSA) is 124 Å². The molecule has 0 aliphatic carbocycles. The Bertz CT molecular complexity index is 501. The fraction of sp³-hybridized carbons (Fsp3) is 0.455. The highest BCUT2D eigenvalue weighted by Gasteiger charge is 2.21. The lowest BCUT2D eigenvalue weighted by Crippen LogP contribution is -2.39. The third-order valence-electron chi connectivity index (χ3n) is 2.17. The summed E-state index contributed by atoms with van der Waals surface area (Å²) in [7, 11) is 0. The summed E-state index contributed by atoms with van der Waals surface area (Å²) >= 11 is 0. The summed E-state index contributed by atoms with van der Waals surface area (Å²) < 4.78 is 0. The van der Waals surface area contributed by atoms with Crippen LogP contribution in [0, 0.1) is 5.41 Å². The maximum Gasteiger partial charge on any atom is 0.353 e. The van der Waals surface area contributed by atoms with Gasteiger partial charge in [-0.15, -0.1) is 0 Å². The SMILES string of the molecule is CC(C)(C)C(=O)NCC(=O)Nc1cc(C(=O)O)[nH]n1. The standard InChI is InChI=1S/C11H16N4O4/c1-11(2,3)10(19)12-5-8(16)13-7-4-6(9(17)18)14-15-7/h4H,5H2,1-3H3,(H,12,19)(H,17,18)(H2,13,14,15,16). The first-order chi connectivity index (χ1) is 8.70. The molecule has 0 saturated carbocycles. The number of nitrogens with one attached hydrogen (secondary N) is 3. The molecule has 1 aromatic rings. The van der Waals surface area contributed by atoms with E-state index < -0.39 is 17.3 Å². The Morgan fingerprint density at radius 1 is 1.37 bits per heavy atom. The molecule has 0 aliphatic rings. The number of carboxylic acid groups (broad SMARTS) is 1. The van der Waals surface area contributed by atoms with Gasteiger partial charge in [0.05, 0.1) is 6.54 Å². The molecule has 0 spiro atoms. The number of carboxylic acids is 1. The van der Waals surface area contributed by atoms with E-state index in [0.717, 1.165) is 0 Å². The van der Waals surface area contributed by atoms with Crippen LogP contribution in [-0.4, -0.2) is 39.6 Å². The number of aromatic carboxylic acids is 1. The van der Waals surface area contributed by atoms with E-state index in [0.29, 0.717) is 0 Å². The van der Waals surface area contributed by atoms with Gasteiger partial charge in [-0.25, -0.2) is 4.79 Å². The molecule has 1 aromatic heterocycles. The fourth-order valence-corrected chi connectivity index (χ4v) is 1.11. The zero-order valence-corrected chi connectivity index (χ0v) is 10.9. The summed E-state index contributed by atoms with van der Waals surface area (Å²) in [5.41, 5.74) is -0.711. The molecule has 0 unspecified atom stereocenters. The lowest BCUT2D eigenvalue weighted by molar-refractivity contribution is -0.130. The summed E-state index contributed by atoms with van der Waals surface area (Å²) in [6.45, 7) is 4.98. The zero-order valence-electron chi connectivity index (χ0n) is 10.9. The Balaban J connectivity index is 2.47. The number of hydrogen-bond donors (Lipinski definition) is 4. The highest BCUT2D eigenvalue weighted by atomic mass is 16.4. The number of amides is 2. The summed E-state index contributed by atoms with van der Waals surface area (Å²) in [5.74, 6) is -1.82. The van der Waals surface area contributed by atoms with Crippen molar-refractivity contribution in [2.45, 2.75) is 20.8 Å². The van der Waals surface area contributed by atoms with Crippen LogP contribution in [0.4, 0.5) is 5.82 Å². The molecule has 104 valence electrons. The van der Waals surface area contributed by atoms with Gasteiger partial charge in [0.15, 0.2) is 5.82 Å². The minimum absolute atomic E-state index is 0.0902. The molecule has 0 fully saturated rings. The summed E-state index contributed by atoms with van der Waals surface area (Å²) in [4.78, 5) is 33.6. The fourth-order valence-electron chi connectivity index (χ4n) is 1.11. The van der Waals surface area contributed by atoms with E-state index in [9.17, 15) is 14.4 Å². The van der Waals surface area contributed by atoms with Crippen LogP contribution in [0.25, 0.3) is 0 Å². The summed E-state index contributed by atoms with van der Waals surface area (Å²) in [6.07, 6.45) is 0. The largest absolute Gasteiger partial charge is 0.477 e. The second-order valence-electron chi connectivity index (χ2n) is 4.95. The van der Waals surface area contributed by atoms with Crippen LogP contribution in [0.2, 0.25) is 0 Å². The monoisotopic (exact) mass is 268 g/mol. The first-order valence-electron chi connectivity index (χ1n) is 5.57. The van der Waals surface area contributed by atoms with Gasteiger partial charge in [-0.1, -0.05) is 20.8 Å². The molecular formula is C11H16N4O4. The van der Waals surface area contributed by atoms with Crippen molar-refractivity contribution in [3.05, 3.63) is 11.8 Å². The number of nitrogens with zero attached hydrogens (tertiary/aromatic N) is 1. The first-order valence-corrected chi connectivity index (χ1v) is 5.57. The maximum atomic E-state index is 11.5. The Kier molecular flexibility index (Phi) is 4.26. The van der Waals surface area contributed by atoms with Gasteiger partial charge in [-0.05, 0) is 0 Å². The van der Waals surface area contributed by atoms with E-state index in [-0.39, 0.29) is 24.0 Å². The Morgan fingerprint density at radius 3 is 2.47 bits per heavy atom. The summed E-state index contributed by atoms with van der Waals surface area (Å²) in [6, 6.07) is 1.19. The Labute approximate surface area is 109 Å². The van der Waals surface area contributed by atoms with E-state index in [1.54, 1.807) is 20.8 Å². The van der Waals surface area contributed by atoms with Gasteiger partial charge in [0.1, 0.15) is 5.69 Å². The Hall–Kier alpha value is -2.38. The van der Waals surface area contributed by atoms with Crippen LogP contribution in [0.1, 0.15) is 31.3 Å². The number of hydrogen-bond acceptors (Lipinski definition) is 4. The molecule has 1 rings (SSSR count). The average Bonchev–Trinajstić information content (AvgIpc) is 2.73. The molecule has 8 nitrogen and oxygen atoms in total. The van der Waals surface area contributed by atoms with Crippen LogP contribution in [0.5, 0.6) is 0 Å². The van der Waals surface area contributed by atoms with Crippen molar-refractivity contribution in [1.29, 1.82) is 0 Å². The third kappa shape index (κ3) is 4.41. The number of anilines is 1. The number of H-pyrrole nitrogens is 1. The molecule has 0 saturated heterocycles. The highest BCUT2D eigenvalue weighted by molar-refractivity contribution is 5.95. The van der Waals surface area contributed by atoms with Crippen LogP contribution in [0.15, 0.2) is 6.07 Å². The molecule has 2 amide bonds. The third-order valence-corrected chi connectivity index (χ3v) is 2.17. The van der Waals surface area contributed by atoms with Gasteiger partial charge in [0.25, 0.3) is 0 Å². The minimum atomic E-state index is -1.17. The lowest BCUT2D eigenvalue weighted by Gasteiger charge is -2.17. The van der Waals surface area contributed by atoms with Gasteiger partial charge >= 0.3 is 5.97 Å². The number of carbonyl (C=O) groups is 3. The molecular weight excluding hydrogens is 252 g/mol. The van der Waals surface area contributed by atoms with Crippen LogP contribution < -0.4 is 10.6 Å². The lowest BCUT2D eigenvalue weighted by atomic mass is 9.96. The quantitative estimate of drug-likeness (QED) is 0.621. The molecule has 0 atom stereocenters. The van der Waals surface area contributed by atoms with Gasteiger partial charge in [0.2, 0.25) is 11.8 Å². The smallest absolute Gasteiger partial charge is 0.353 e. The first kappa shape index (κ1) is 14.7. The predicted molar refractivity (Wildman–Crippen MR) is 66.6 cm³/mol. The highest BCUT2D eigenvalue weighted by Crippen LogP contribution is 2.12. The van der Waals surface area contributed by atoms with Crippen LogP contribution >= 0.6 is 0 Å². The van der Waals surface area contributed by atoms with E-state index in [1.807, 2.05) is 0 Å².